The molecule has 0 atom stereocenters. The van der Waals surface area contributed by atoms with Gasteiger partial charge in [-0.3, -0.25) is 0 Å². The van der Waals surface area contributed by atoms with Crippen LogP contribution in [0, 0.1) is 0 Å². The minimum atomic E-state index is -1.08. The third-order valence-corrected chi connectivity index (χ3v) is 0. The van der Waals surface area contributed by atoms with E-state index in [-0.39, 0.29) is 31.9 Å². The van der Waals surface area contributed by atoms with Gasteiger partial charge in [-0.05, 0) is 13.8 Å². The number of carbonyl (C=O) groups is 2. The summed E-state index contributed by atoms with van der Waals surface area (Å²) in [5.74, 6) is -2.17. The van der Waals surface area contributed by atoms with Crippen molar-refractivity contribution < 1.29 is 39.3 Å². The van der Waals surface area contributed by atoms with E-state index in [1.54, 1.807) is 0 Å². The van der Waals surface area contributed by atoms with Gasteiger partial charge >= 0.3 is 19.5 Å². The number of carboxylic acid groups (broad SMARTS) is 2. The van der Waals surface area contributed by atoms with Crippen LogP contribution in [0.15, 0.2) is 0 Å². The van der Waals surface area contributed by atoms with E-state index < -0.39 is 11.9 Å². The Balaban J connectivity index is -0.0000000300. The zero-order valence-electron chi connectivity index (χ0n) is 5.75. The molecule has 0 aromatic heterocycles. The van der Waals surface area contributed by atoms with Gasteiger partial charge in [0.05, 0.1) is 0 Å². The van der Waals surface area contributed by atoms with Crippen LogP contribution in [0.2, 0.25) is 0 Å². The molecule has 0 radical (unpaired) electrons. The van der Waals surface area contributed by atoms with E-state index in [4.69, 9.17) is 19.8 Å². The van der Waals surface area contributed by atoms with Gasteiger partial charge in [-0.2, -0.15) is 0 Å². The molecule has 0 aromatic rings. The number of halogens is 1. The average Bonchev–Trinajstić information content (AvgIpc) is 1.25. The molecular weight excluding hydrogens is 213 g/mol. The zero-order chi connectivity index (χ0) is 7.15. The Hall–Kier alpha value is -0.147. The summed E-state index contributed by atoms with van der Waals surface area (Å²) in [6, 6.07) is 0. The van der Waals surface area contributed by atoms with E-state index in [1.807, 2.05) is 0 Å². The van der Waals surface area contributed by atoms with Crippen LogP contribution in [-0.4, -0.2) is 11.9 Å². The summed E-state index contributed by atoms with van der Waals surface area (Å²) in [6.07, 6.45) is 0. The van der Waals surface area contributed by atoms with Gasteiger partial charge in [0, 0.05) is 11.9 Å². The van der Waals surface area contributed by atoms with Gasteiger partial charge in [-0.25, -0.2) is 0 Å². The first-order valence-electron chi connectivity index (χ1n) is 1.82. The van der Waals surface area contributed by atoms with E-state index in [0.717, 1.165) is 13.8 Å². The normalized spacial score (nSPS) is 5.00. The quantitative estimate of drug-likeness (QED) is 0.439. The van der Waals surface area contributed by atoms with Crippen LogP contribution in [0.1, 0.15) is 13.8 Å². The second-order valence-electron chi connectivity index (χ2n) is 0.983. The Morgan fingerprint density at radius 1 is 1.00 bits per heavy atom. The van der Waals surface area contributed by atoms with Crippen molar-refractivity contribution >= 4 is 24.3 Å². The summed E-state index contributed by atoms with van der Waals surface area (Å²) in [7, 11) is 0. The number of carbonyl (C=O) groups excluding carboxylic acids is 2. The Kier molecular flexibility index (Phi) is 35.9. The van der Waals surface area contributed by atoms with Crippen molar-refractivity contribution in [1.29, 1.82) is 0 Å². The largest absolute Gasteiger partial charge is 2.00 e. The molecule has 0 spiro atoms. The van der Waals surface area contributed by atoms with Crippen molar-refractivity contribution in [2.75, 3.05) is 0 Å². The topological polar surface area (TPSA) is 80.3 Å². The molecule has 10 heavy (non-hydrogen) atoms. The van der Waals surface area contributed by atoms with Crippen LogP contribution < -0.4 is 10.2 Å². The molecule has 0 aliphatic heterocycles. The molecule has 0 aliphatic carbocycles. The first-order valence-corrected chi connectivity index (χ1v) is 1.82. The molecule has 0 aliphatic rings. The summed E-state index contributed by atoms with van der Waals surface area (Å²) in [6.45, 7) is 1.94. The van der Waals surface area contributed by atoms with Gasteiger partial charge < -0.3 is 19.8 Å². The van der Waals surface area contributed by atoms with Crippen molar-refractivity contribution in [3.63, 3.8) is 0 Å². The summed E-state index contributed by atoms with van der Waals surface area (Å²) >= 11 is 0. The second kappa shape index (κ2) is 15.9. The molecule has 0 N–H and O–H groups in total. The SMILES string of the molecule is CC(=O)[O-].CC(=O)[O-].Cl.[Zn+2]. The average molecular weight is 220 g/mol. The van der Waals surface area contributed by atoms with Crippen molar-refractivity contribution in [3.8, 4) is 0 Å². The van der Waals surface area contributed by atoms with Crippen molar-refractivity contribution in [2.24, 2.45) is 0 Å². The molecule has 0 aromatic carbocycles. The molecule has 56 valence electrons. The molecule has 0 rings (SSSR count). The minimum Gasteiger partial charge on any atom is -0.550 e. The van der Waals surface area contributed by atoms with Crippen LogP contribution in [0.3, 0.4) is 0 Å². The van der Waals surface area contributed by atoms with E-state index in [0.29, 0.717) is 0 Å². The Bertz CT molecular complexity index is 75.3. The molecular formula is C4H7ClO4Zn. The number of rotatable bonds is 0. The van der Waals surface area contributed by atoms with Crippen LogP contribution >= 0.6 is 12.4 Å². The first-order chi connectivity index (χ1) is 3.46. The van der Waals surface area contributed by atoms with E-state index >= 15 is 0 Å². The molecule has 0 saturated heterocycles. The molecule has 0 heterocycles. The van der Waals surface area contributed by atoms with Crippen molar-refractivity contribution in [1.82, 2.24) is 0 Å². The van der Waals surface area contributed by atoms with Crippen LogP contribution in [0.5, 0.6) is 0 Å². The molecule has 0 unspecified atom stereocenters. The van der Waals surface area contributed by atoms with Gasteiger partial charge in [-0.15, -0.1) is 12.4 Å². The predicted octanol–water partition coefficient (Wildman–Crippen LogP) is -2.07. The van der Waals surface area contributed by atoms with Gasteiger partial charge in [-0.1, -0.05) is 0 Å². The minimum absolute atomic E-state index is 0. The zero-order valence-corrected chi connectivity index (χ0v) is 9.53. The molecule has 0 saturated carbocycles. The van der Waals surface area contributed by atoms with E-state index in [9.17, 15) is 0 Å². The number of hydrogen-bond donors (Lipinski definition) is 0. The van der Waals surface area contributed by atoms with Gasteiger partial charge in [0.2, 0.25) is 0 Å². The van der Waals surface area contributed by atoms with Crippen LogP contribution in [0.25, 0.3) is 0 Å². The summed E-state index contributed by atoms with van der Waals surface area (Å²) in [5, 5.41) is 17.8. The third kappa shape index (κ3) is 17200. The summed E-state index contributed by atoms with van der Waals surface area (Å²) in [4.78, 5) is 17.8. The maximum atomic E-state index is 8.89. The molecule has 0 amide bonds. The number of aliphatic carboxylic acids is 2. The number of hydrogen-bond acceptors (Lipinski definition) is 4. The second-order valence-corrected chi connectivity index (χ2v) is 0.983. The Labute approximate surface area is 77.8 Å². The molecule has 6 heteroatoms. The van der Waals surface area contributed by atoms with Crippen molar-refractivity contribution in [3.05, 3.63) is 0 Å². The van der Waals surface area contributed by atoms with Crippen LogP contribution in [-0.2, 0) is 29.1 Å². The Morgan fingerprint density at radius 2 is 1.00 bits per heavy atom. The molecule has 4 nitrogen and oxygen atoms in total. The molecule has 0 bridgehead atoms. The fourth-order valence-electron chi connectivity index (χ4n) is 0. The standard InChI is InChI=1S/2C2H4O2.ClH.Zn/c2*1-2(3)4;;/h2*1H3,(H,3,4);1H;/q;;;+2/p-2. The van der Waals surface area contributed by atoms with E-state index in [1.165, 1.54) is 0 Å². The van der Waals surface area contributed by atoms with Crippen molar-refractivity contribution in [2.45, 2.75) is 13.8 Å². The third-order valence-electron chi connectivity index (χ3n) is 0. The smallest absolute Gasteiger partial charge is 0.550 e. The summed E-state index contributed by atoms with van der Waals surface area (Å²) in [5.41, 5.74) is 0. The first kappa shape index (κ1) is 22.5. The van der Waals surface area contributed by atoms with Gasteiger partial charge in [0.15, 0.2) is 0 Å². The molecule has 0 fully saturated rings. The van der Waals surface area contributed by atoms with Crippen LogP contribution in [0.4, 0.5) is 0 Å². The summed E-state index contributed by atoms with van der Waals surface area (Å²) < 4.78 is 0. The maximum absolute atomic E-state index is 8.89. The number of carboxylic acids is 2. The fourth-order valence-corrected chi connectivity index (χ4v) is 0. The predicted molar refractivity (Wildman–Crippen MR) is 28.6 cm³/mol. The van der Waals surface area contributed by atoms with E-state index in [2.05, 4.69) is 0 Å². The van der Waals surface area contributed by atoms with Gasteiger partial charge in [0.25, 0.3) is 0 Å². The fraction of sp³-hybridized carbons (Fsp3) is 0.500. The Morgan fingerprint density at radius 3 is 1.00 bits per heavy atom. The monoisotopic (exact) mass is 218 g/mol. The maximum Gasteiger partial charge on any atom is 2.00 e. The van der Waals surface area contributed by atoms with Gasteiger partial charge in [0.1, 0.15) is 0 Å².